The van der Waals surface area contributed by atoms with Crippen LogP contribution in [-0.4, -0.2) is 66.3 Å². The summed E-state index contributed by atoms with van der Waals surface area (Å²) >= 11 is 0. The monoisotopic (exact) mass is 833 g/mol. The molecule has 12 nitrogen and oxygen atoms in total. The largest absolute Gasteiger partial charge is 0.503 e. The van der Waals surface area contributed by atoms with Gasteiger partial charge < -0.3 is 10.4 Å². The zero-order valence-corrected chi connectivity index (χ0v) is 33.7. The van der Waals surface area contributed by atoms with Crippen molar-refractivity contribution in [2.75, 3.05) is 19.6 Å². The smallest absolute Gasteiger partial charge is 0.329 e. The van der Waals surface area contributed by atoms with Gasteiger partial charge in [0.2, 0.25) is 17.6 Å². The minimum absolute atomic E-state index is 0.123. The number of hydrogen-bond acceptors (Lipinski definition) is 7. The number of halogens is 3. The van der Waals surface area contributed by atoms with Gasteiger partial charge in [0.15, 0.2) is 17.4 Å². The van der Waals surface area contributed by atoms with Crippen LogP contribution in [0.1, 0.15) is 84.1 Å². The number of aromatic nitrogens is 4. The predicted octanol–water partition coefficient (Wildman–Crippen LogP) is 6.61. The first-order valence-corrected chi connectivity index (χ1v) is 20.9. The summed E-state index contributed by atoms with van der Waals surface area (Å²) in [6, 6.07) is 19.1. The van der Waals surface area contributed by atoms with E-state index in [1.54, 1.807) is 11.6 Å². The molecule has 9 rings (SSSR count). The molecule has 0 bridgehead atoms. The van der Waals surface area contributed by atoms with Crippen LogP contribution in [0.25, 0.3) is 33.1 Å². The Bertz CT molecular complexity index is 2790. The van der Waals surface area contributed by atoms with Gasteiger partial charge in [0.05, 0.1) is 28.2 Å². The van der Waals surface area contributed by atoms with Crippen LogP contribution in [0.15, 0.2) is 71.7 Å². The fourth-order valence-electron chi connectivity index (χ4n) is 9.38. The number of nitrogens with zero attached hydrogens (tertiary/aromatic N) is 5. The van der Waals surface area contributed by atoms with Crippen LogP contribution in [0.4, 0.5) is 13.2 Å². The molecule has 0 radical (unpaired) electrons. The molecule has 6 aromatic rings. The Morgan fingerprint density at radius 2 is 1.67 bits per heavy atom. The summed E-state index contributed by atoms with van der Waals surface area (Å²) in [4.78, 5) is 52.4. The minimum atomic E-state index is -1.78. The average Bonchev–Trinajstić information content (AvgIpc) is 3.80. The van der Waals surface area contributed by atoms with Crippen LogP contribution in [-0.2, 0) is 36.0 Å². The molecule has 4 heterocycles. The summed E-state index contributed by atoms with van der Waals surface area (Å²) in [5, 5.41) is 20.2. The van der Waals surface area contributed by atoms with Crippen molar-refractivity contribution in [1.82, 2.24) is 34.4 Å². The highest BCUT2D eigenvalue weighted by atomic mass is 19.2. The van der Waals surface area contributed by atoms with Gasteiger partial charge in [-0.1, -0.05) is 36.4 Å². The predicted molar refractivity (Wildman–Crippen MR) is 222 cm³/mol. The molecule has 1 atom stereocenters. The van der Waals surface area contributed by atoms with Gasteiger partial charge in [-0.15, -0.1) is 0 Å². The van der Waals surface area contributed by atoms with Crippen molar-refractivity contribution < 1.29 is 32.7 Å². The lowest BCUT2D eigenvalue weighted by atomic mass is 9.86. The molecule has 0 spiro atoms. The van der Waals surface area contributed by atoms with Crippen LogP contribution >= 0.6 is 0 Å². The molecule has 2 aliphatic heterocycles. The van der Waals surface area contributed by atoms with Gasteiger partial charge in [0, 0.05) is 44.7 Å². The molecular formula is C46H46F3N7O5. The molecule has 3 N–H and O–H groups in total. The molecule has 0 unspecified atom stereocenters. The standard InChI is InChI=1S/C46H46F3N7O5/c1-53-39-19-26(6-13-37(39)56(46(53)61)38-14-15-40(57)51-45(38)60)3-2-17-54-18-16-30-20-28(7-9-31(30)24-54)29-8-10-32-25-55(52-36(32)21-29)33-11-4-27(5-12-33)23-50-44(59)34-22-35(47)43(58)42(49)41(34)48/h6-10,13,19-22,25,27,33,38,58H,2-5,11-12,14-18,23-24H2,1H3,(H,50,59)(H,51,57,60)/t27?,33?,38-/m1/s1. The van der Waals surface area contributed by atoms with Crippen molar-refractivity contribution >= 4 is 39.7 Å². The van der Waals surface area contributed by atoms with Crippen molar-refractivity contribution in [2.24, 2.45) is 13.0 Å². The quantitative estimate of drug-likeness (QED) is 0.104. The highest BCUT2D eigenvalue weighted by Gasteiger charge is 2.32. The first kappa shape index (κ1) is 40.2. The van der Waals surface area contributed by atoms with E-state index in [-0.39, 0.29) is 36.5 Å². The second-order valence-electron chi connectivity index (χ2n) is 16.8. The summed E-state index contributed by atoms with van der Waals surface area (Å²) in [6.07, 6.45) is 8.63. The molecule has 3 aliphatic rings. The molecule has 3 amide bonds. The number of rotatable bonds is 10. The maximum absolute atomic E-state index is 14.2. The maximum atomic E-state index is 14.2. The van der Waals surface area contributed by atoms with Crippen molar-refractivity contribution in [1.29, 1.82) is 0 Å². The van der Waals surface area contributed by atoms with E-state index in [1.165, 1.54) is 15.7 Å². The molecule has 1 aliphatic carbocycles. The van der Waals surface area contributed by atoms with E-state index in [0.717, 1.165) is 97.7 Å². The summed E-state index contributed by atoms with van der Waals surface area (Å²) in [6.45, 7) is 3.04. The topological polar surface area (TPSA) is 143 Å². The molecule has 2 aromatic heterocycles. The molecule has 1 saturated carbocycles. The van der Waals surface area contributed by atoms with Gasteiger partial charge in [0.1, 0.15) is 6.04 Å². The van der Waals surface area contributed by atoms with Crippen LogP contribution in [0.3, 0.4) is 0 Å². The lowest BCUT2D eigenvalue weighted by Gasteiger charge is -2.29. The fraction of sp³-hybridized carbons (Fsp3) is 0.370. The number of piperidine rings is 1. The first-order valence-electron chi connectivity index (χ1n) is 20.9. The van der Waals surface area contributed by atoms with Crippen LogP contribution < -0.4 is 16.3 Å². The SMILES string of the molecule is Cn1c(=O)n([C@@H]2CCC(=O)NC2=O)c2ccc(CCCN3CCc4cc(-c5ccc6cn(C7CCC(CNC(=O)c8cc(F)c(O)c(F)c8F)CC7)nc6c5)ccc4C3)cc21. The third-order valence-electron chi connectivity index (χ3n) is 12.9. The van der Waals surface area contributed by atoms with Gasteiger partial charge >= 0.3 is 5.69 Å². The average molecular weight is 834 g/mol. The number of aryl methyl sites for hydroxylation is 2. The van der Waals surface area contributed by atoms with E-state index in [4.69, 9.17) is 5.10 Å². The Kier molecular flexibility index (Phi) is 10.8. The number of carbonyl (C=O) groups is 3. The Morgan fingerprint density at radius 3 is 2.48 bits per heavy atom. The van der Waals surface area contributed by atoms with Crippen molar-refractivity contribution in [3.8, 4) is 16.9 Å². The number of fused-ring (bicyclic) bond motifs is 3. The van der Waals surface area contributed by atoms with E-state index in [2.05, 4.69) is 58.1 Å². The Hall–Kier alpha value is -6.22. The van der Waals surface area contributed by atoms with Crippen molar-refractivity contribution in [3.63, 3.8) is 0 Å². The van der Waals surface area contributed by atoms with E-state index >= 15 is 0 Å². The number of aromatic hydroxyl groups is 1. The van der Waals surface area contributed by atoms with Gasteiger partial charge in [-0.05, 0) is 116 Å². The van der Waals surface area contributed by atoms with E-state index in [1.807, 2.05) is 22.9 Å². The second kappa shape index (κ2) is 16.3. The molecule has 2 fully saturated rings. The van der Waals surface area contributed by atoms with Gasteiger partial charge in [-0.3, -0.25) is 38.4 Å². The number of amides is 3. The maximum Gasteiger partial charge on any atom is 0.329 e. The lowest BCUT2D eigenvalue weighted by Crippen LogP contribution is -2.44. The number of imidazole rings is 1. The highest BCUT2D eigenvalue weighted by molar-refractivity contribution is 6.00. The number of nitrogens with one attached hydrogen (secondary N) is 2. The van der Waals surface area contributed by atoms with Crippen molar-refractivity contribution in [2.45, 2.75) is 76.4 Å². The van der Waals surface area contributed by atoms with E-state index in [9.17, 15) is 37.5 Å². The zero-order chi connectivity index (χ0) is 42.5. The zero-order valence-electron chi connectivity index (χ0n) is 33.7. The van der Waals surface area contributed by atoms with Gasteiger partial charge in [-0.2, -0.15) is 9.49 Å². The summed E-state index contributed by atoms with van der Waals surface area (Å²) in [5.41, 5.74) is 7.42. The van der Waals surface area contributed by atoms with Crippen LogP contribution in [0, 0.1) is 23.4 Å². The molecule has 61 heavy (non-hydrogen) atoms. The number of imide groups is 1. The minimum Gasteiger partial charge on any atom is -0.503 e. The lowest BCUT2D eigenvalue weighted by molar-refractivity contribution is -0.135. The third kappa shape index (κ3) is 7.82. The summed E-state index contributed by atoms with van der Waals surface area (Å²) in [7, 11) is 1.72. The highest BCUT2D eigenvalue weighted by Crippen LogP contribution is 2.34. The van der Waals surface area contributed by atoms with E-state index < -0.39 is 46.6 Å². The normalized spacial score (nSPS) is 19.6. The first-order chi connectivity index (χ1) is 29.4. The van der Waals surface area contributed by atoms with Crippen LogP contribution in [0.5, 0.6) is 5.75 Å². The number of hydrogen-bond donors (Lipinski definition) is 3. The van der Waals surface area contributed by atoms with Crippen LogP contribution in [0.2, 0.25) is 0 Å². The molecule has 15 heteroatoms. The Balaban J connectivity index is 0.776. The summed E-state index contributed by atoms with van der Waals surface area (Å²) in [5.74, 6) is -7.74. The van der Waals surface area contributed by atoms with Gasteiger partial charge in [0.25, 0.3) is 5.91 Å². The van der Waals surface area contributed by atoms with E-state index in [0.29, 0.717) is 18.0 Å². The number of carbonyl (C=O) groups excluding carboxylic acids is 3. The molecule has 4 aromatic carbocycles. The third-order valence-corrected chi connectivity index (χ3v) is 12.9. The number of benzene rings is 4. The second-order valence-corrected chi connectivity index (χ2v) is 16.8. The number of phenolic OH excluding ortho intramolecular Hbond substituents is 1. The van der Waals surface area contributed by atoms with Crippen molar-refractivity contribution in [3.05, 3.63) is 117 Å². The van der Waals surface area contributed by atoms with Gasteiger partial charge in [-0.25, -0.2) is 13.6 Å². The molecular weight excluding hydrogens is 788 g/mol. The fourth-order valence-corrected chi connectivity index (χ4v) is 9.38. The Labute approximate surface area is 348 Å². The Morgan fingerprint density at radius 1 is 0.885 bits per heavy atom. The molecule has 1 saturated heterocycles. The summed E-state index contributed by atoms with van der Waals surface area (Å²) < 4.78 is 46.8. The molecule has 316 valence electrons. The number of phenols is 1.